The molecule has 0 unspecified atom stereocenters. The third-order valence-corrected chi connectivity index (χ3v) is 3.74. The topological polar surface area (TPSA) is 0 Å². The fourth-order valence-electron chi connectivity index (χ4n) is 2.10. The van der Waals surface area contributed by atoms with E-state index in [1.54, 1.807) is 0 Å². The highest BCUT2D eigenvalue weighted by atomic mass is 35.5. The van der Waals surface area contributed by atoms with Crippen LogP contribution in [0.5, 0.6) is 0 Å². The van der Waals surface area contributed by atoms with Crippen molar-refractivity contribution in [1.82, 2.24) is 0 Å². The Kier molecular flexibility index (Phi) is 2.10. The fraction of sp³-hybridized carbons (Fsp3) is 0. The number of fused-ring (bicyclic) bond motifs is 3. The predicted octanol–water partition coefficient (Wildman–Crippen LogP) is 3.21. The molecule has 0 bridgehead atoms. The second-order valence-corrected chi connectivity index (χ2v) is 4.63. The van der Waals surface area contributed by atoms with E-state index in [4.69, 9.17) is 23.2 Å². The minimum absolute atomic E-state index is 0.546. The molecule has 0 fully saturated rings. The second-order valence-electron chi connectivity index (χ2n) is 3.84. The smallest absolute Gasteiger partial charge is 0.0665 e. The number of benzene rings is 2. The first-order valence-corrected chi connectivity index (χ1v) is 5.72. The minimum Gasteiger partial charge on any atom is -0.0896 e. The summed E-state index contributed by atoms with van der Waals surface area (Å²) in [4.78, 5) is 0. The maximum absolute atomic E-state index is 6.09. The first kappa shape index (κ1) is 9.95. The van der Waals surface area contributed by atoms with E-state index in [0.29, 0.717) is 10.0 Å². The molecular formula is C14H8Cl2. The first-order chi connectivity index (χ1) is 7.68. The summed E-state index contributed by atoms with van der Waals surface area (Å²) < 4.78 is 0. The van der Waals surface area contributed by atoms with E-state index in [1.165, 1.54) is 11.1 Å². The van der Waals surface area contributed by atoms with Crippen molar-refractivity contribution in [2.24, 2.45) is 0 Å². The Hall–Kier alpha value is -1.24. The van der Waals surface area contributed by atoms with Gasteiger partial charge in [-0.25, -0.2) is 0 Å². The Labute approximate surface area is 103 Å². The van der Waals surface area contributed by atoms with Crippen LogP contribution in [-0.4, -0.2) is 0 Å². The quantitative estimate of drug-likeness (QED) is 0.572. The molecule has 0 N–H and O–H groups in total. The van der Waals surface area contributed by atoms with Gasteiger partial charge in [-0.05, 0) is 39.3 Å². The SMILES string of the molecule is C=c1c(Cl)c(Cl)cc2c1=Cc1ccccc1-2. The number of hydrogen-bond acceptors (Lipinski definition) is 0. The highest BCUT2D eigenvalue weighted by molar-refractivity contribution is 6.42. The average molecular weight is 247 g/mol. The zero-order valence-corrected chi connectivity index (χ0v) is 9.94. The molecular weight excluding hydrogens is 239 g/mol. The summed E-state index contributed by atoms with van der Waals surface area (Å²) in [6, 6.07) is 10.1. The third kappa shape index (κ3) is 1.24. The van der Waals surface area contributed by atoms with Crippen LogP contribution in [0.3, 0.4) is 0 Å². The molecule has 2 heteroatoms. The van der Waals surface area contributed by atoms with Crippen molar-refractivity contribution in [3.8, 4) is 11.1 Å². The molecule has 0 heterocycles. The lowest BCUT2D eigenvalue weighted by Crippen LogP contribution is -2.24. The molecule has 16 heavy (non-hydrogen) atoms. The van der Waals surface area contributed by atoms with Gasteiger partial charge in [0.2, 0.25) is 0 Å². The lowest BCUT2D eigenvalue weighted by atomic mass is 10.1. The highest BCUT2D eigenvalue weighted by Gasteiger charge is 2.14. The Bertz CT molecular complexity index is 699. The summed E-state index contributed by atoms with van der Waals surface area (Å²) >= 11 is 12.2. The molecule has 0 aliphatic heterocycles. The zero-order valence-electron chi connectivity index (χ0n) is 8.43. The van der Waals surface area contributed by atoms with Crippen molar-refractivity contribution in [2.45, 2.75) is 0 Å². The average Bonchev–Trinajstić information content (AvgIpc) is 2.65. The molecule has 0 spiro atoms. The van der Waals surface area contributed by atoms with Gasteiger partial charge in [-0.1, -0.05) is 54.0 Å². The van der Waals surface area contributed by atoms with Crippen LogP contribution in [0.15, 0.2) is 30.3 Å². The number of hydrogen-bond donors (Lipinski definition) is 0. The van der Waals surface area contributed by atoms with Crippen molar-refractivity contribution in [3.05, 3.63) is 56.4 Å². The van der Waals surface area contributed by atoms with E-state index < -0.39 is 0 Å². The Morgan fingerprint density at radius 3 is 2.56 bits per heavy atom. The maximum atomic E-state index is 6.09. The van der Waals surface area contributed by atoms with Crippen molar-refractivity contribution in [2.75, 3.05) is 0 Å². The number of rotatable bonds is 0. The van der Waals surface area contributed by atoms with Crippen molar-refractivity contribution >= 4 is 35.9 Å². The maximum Gasteiger partial charge on any atom is 0.0665 e. The van der Waals surface area contributed by atoms with Crippen molar-refractivity contribution in [3.63, 3.8) is 0 Å². The van der Waals surface area contributed by atoms with Gasteiger partial charge in [0.05, 0.1) is 10.0 Å². The summed E-state index contributed by atoms with van der Waals surface area (Å²) in [5, 5.41) is 3.00. The van der Waals surface area contributed by atoms with Crippen LogP contribution in [0.4, 0.5) is 0 Å². The van der Waals surface area contributed by atoms with E-state index >= 15 is 0 Å². The van der Waals surface area contributed by atoms with Crippen molar-refractivity contribution < 1.29 is 0 Å². The Morgan fingerprint density at radius 2 is 1.75 bits per heavy atom. The zero-order chi connectivity index (χ0) is 11.3. The third-order valence-electron chi connectivity index (χ3n) is 2.91. The van der Waals surface area contributed by atoms with E-state index in [9.17, 15) is 0 Å². The van der Waals surface area contributed by atoms with Gasteiger partial charge in [0.15, 0.2) is 0 Å². The molecule has 1 aliphatic carbocycles. The van der Waals surface area contributed by atoms with E-state index in [1.807, 2.05) is 18.2 Å². The molecule has 2 aromatic carbocycles. The van der Waals surface area contributed by atoms with Crippen LogP contribution in [-0.2, 0) is 0 Å². The molecule has 0 saturated carbocycles. The summed E-state index contributed by atoms with van der Waals surface area (Å²) in [6.45, 7) is 3.99. The molecule has 0 amide bonds. The largest absolute Gasteiger partial charge is 0.0896 e. The Balaban J connectivity index is 2.50. The van der Waals surface area contributed by atoms with Gasteiger partial charge < -0.3 is 0 Å². The monoisotopic (exact) mass is 246 g/mol. The summed E-state index contributed by atoms with van der Waals surface area (Å²) in [5.41, 5.74) is 3.51. The second kappa shape index (κ2) is 3.38. The van der Waals surface area contributed by atoms with Crippen molar-refractivity contribution in [1.29, 1.82) is 0 Å². The molecule has 78 valence electrons. The summed E-state index contributed by atoms with van der Waals surface area (Å²) in [6.07, 6.45) is 2.11. The number of halogens is 2. The predicted molar refractivity (Wildman–Crippen MR) is 70.2 cm³/mol. The molecule has 3 rings (SSSR count). The molecule has 2 aromatic rings. The van der Waals surface area contributed by atoms with Crippen LogP contribution >= 0.6 is 23.2 Å². The molecule has 0 nitrogen and oxygen atoms in total. The molecule has 0 aromatic heterocycles. The van der Waals surface area contributed by atoms with Crippen LogP contribution in [0.25, 0.3) is 23.8 Å². The van der Waals surface area contributed by atoms with Gasteiger partial charge in [0.1, 0.15) is 0 Å². The summed E-state index contributed by atoms with van der Waals surface area (Å²) in [5.74, 6) is 0. The Morgan fingerprint density at radius 1 is 1.00 bits per heavy atom. The van der Waals surface area contributed by atoms with Gasteiger partial charge in [-0.3, -0.25) is 0 Å². The van der Waals surface area contributed by atoms with Gasteiger partial charge in [0, 0.05) is 0 Å². The molecule has 0 atom stereocenters. The van der Waals surface area contributed by atoms with Crippen LogP contribution in [0, 0.1) is 0 Å². The van der Waals surface area contributed by atoms with Gasteiger partial charge in [-0.15, -0.1) is 0 Å². The normalized spacial score (nSPS) is 11.9. The summed E-state index contributed by atoms with van der Waals surface area (Å²) in [7, 11) is 0. The molecule has 0 saturated heterocycles. The lowest BCUT2D eigenvalue weighted by molar-refractivity contribution is 1.54. The highest BCUT2D eigenvalue weighted by Crippen LogP contribution is 2.29. The molecule has 0 radical (unpaired) electrons. The van der Waals surface area contributed by atoms with Crippen LogP contribution in [0.2, 0.25) is 10.0 Å². The lowest BCUT2D eigenvalue weighted by Gasteiger charge is -2.03. The first-order valence-electron chi connectivity index (χ1n) is 4.96. The van der Waals surface area contributed by atoms with Gasteiger partial charge in [-0.2, -0.15) is 0 Å². The van der Waals surface area contributed by atoms with Crippen LogP contribution < -0.4 is 10.4 Å². The minimum atomic E-state index is 0.546. The fourth-order valence-corrected chi connectivity index (χ4v) is 2.48. The van der Waals surface area contributed by atoms with Gasteiger partial charge in [0.25, 0.3) is 0 Å². The standard InChI is InChI=1S/C14H8Cl2/c1-8-11-6-9-4-2-3-5-10(9)12(11)7-13(15)14(8)16/h2-7H,1H2. The van der Waals surface area contributed by atoms with Gasteiger partial charge >= 0.3 is 0 Å². The van der Waals surface area contributed by atoms with E-state index in [0.717, 1.165) is 16.0 Å². The molecule has 1 aliphatic rings. The van der Waals surface area contributed by atoms with Crippen LogP contribution in [0.1, 0.15) is 5.56 Å². The van der Waals surface area contributed by atoms with E-state index in [2.05, 4.69) is 24.8 Å². The van der Waals surface area contributed by atoms with E-state index in [-0.39, 0.29) is 0 Å².